The zero-order valence-corrected chi connectivity index (χ0v) is 85.9. The Bertz CT molecular complexity index is 3490. The minimum atomic E-state index is -0.342. The Hall–Kier alpha value is -5.83. The molecule has 0 fully saturated rings. The Morgan fingerprint density at radius 1 is 0.282 bits per heavy atom. The summed E-state index contributed by atoms with van der Waals surface area (Å²) in [4.78, 5) is 99.0. The number of rotatable bonds is 15. The lowest BCUT2D eigenvalue weighted by Gasteiger charge is -2.29. The third-order valence-corrected chi connectivity index (χ3v) is 20.2. The number of carbonyl (C=O) groups is 8. The summed E-state index contributed by atoms with van der Waals surface area (Å²) in [7, 11) is 0. The molecular weight excluding hydrogens is 1440 g/mol. The highest BCUT2D eigenvalue weighted by Crippen LogP contribution is 2.35. The number of carbonyl (C=O) groups excluding carboxylic acids is 8. The summed E-state index contributed by atoms with van der Waals surface area (Å²) in [5, 5.41) is 0. The molecule has 0 N–H and O–H groups in total. The van der Waals surface area contributed by atoms with E-state index in [-0.39, 0.29) is 98.9 Å². The van der Waals surface area contributed by atoms with Crippen LogP contribution in [0.25, 0.3) is 0 Å². The molecule has 0 amide bonds. The first-order valence-electron chi connectivity index (χ1n) is 43.9. The molecule has 9 nitrogen and oxygen atoms in total. The number of hydrogen-bond acceptors (Lipinski definition) is 9. The van der Waals surface area contributed by atoms with Gasteiger partial charge in [-0.2, -0.15) is 0 Å². The molecule has 0 aliphatic carbocycles. The lowest BCUT2D eigenvalue weighted by Crippen LogP contribution is -2.27. The van der Waals surface area contributed by atoms with Gasteiger partial charge in [0.2, 0.25) is 0 Å². The predicted molar refractivity (Wildman–Crippen MR) is 509 cm³/mol. The van der Waals surface area contributed by atoms with Crippen molar-refractivity contribution in [2.45, 2.75) is 432 Å². The van der Waals surface area contributed by atoms with Crippen LogP contribution in [0.5, 0.6) is 0 Å². The second-order valence-corrected chi connectivity index (χ2v) is 50.3. The molecule has 0 saturated heterocycles. The van der Waals surface area contributed by atoms with E-state index in [1.165, 1.54) is 35.1 Å². The van der Waals surface area contributed by atoms with Crippen molar-refractivity contribution in [3.8, 4) is 0 Å². The van der Waals surface area contributed by atoms with Gasteiger partial charge in [-0.3, -0.25) is 43.3 Å². The smallest absolute Gasteiger partial charge is 0.169 e. The molecule has 0 unspecified atom stereocenters. The van der Waals surface area contributed by atoms with Crippen LogP contribution >= 0.6 is 0 Å². The van der Waals surface area contributed by atoms with Crippen molar-refractivity contribution in [2.75, 3.05) is 0 Å². The molecule has 0 bridgehead atoms. The Labute approximate surface area is 723 Å². The number of Topliss-reactive ketones (excluding diaryl/α,β-unsaturated/α-hetero) is 8. The van der Waals surface area contributed by atoms with E-state index in [1.807, 2.05) is 215 Å². The molecule has 117 heavy (non-hydrogen) atoms. The van der Waals surface area contributed by atoms with Crippen molar-refractivity contribution in [3.05, 3.63) is 135 Å². The van der Waals surface area contributed by atoms with Gasteiger partial charge in [-0.1, -0.05) is 406 Å². The summed E-state index contributed by atoms with van der Waals surface area (Å²) < 4.78 is 0. The van der Waals surface area contributed by atoms with E-state index in [9.17, 15) is 38.4 Å². The second kappa shape index (κ2) is 45.9. The fourth-order valence-corrected chi connectivity index (χ4v) is 10.8. The molecule has 9 heteroatoms. The van der Waals surface area contributed by atoms with Crippen LogP contribution in [0.1, 0.15) is 473 Å². The van der Waals surface area contributed by atoms with Gasteiger partial charge in [0.1, 0.15) is 23.1 Å². The minimum Gasteiger partial charge on any atom is -0.299 e. The Morgan fingerprint density at radius 3 is 0.821 bits per heavy atom. The molecule has 0 aliphatic rings. The number of nitrogens with zero attached hydrogens (tertiary/aromatic N) is 1. The summed E-state index contributed by atoms with van der Waals surface area (Å²) in [6, 6.07) is 25.9. The van der Waals surface area contributed by atoms with E-state index >= 15 is 0 Å². The minimum absolute atomic E-state index is 0.0311. The van der Waals surface area contributed by atoms with E-state index in [1.54, 1.807) is 6.20 Å². The van der Waals surface area contributed by atoms with Crippen LogP contribution < -0.4 is 0 Å². The average molecular weight is 1630 g/mol. The standard InChI is InChI=1S/C16H24O.2C15H22O.C14H21NO.C13H26O.2C12H24O.C11H22O/c1-11-10-12(14(17)16(5,6)7)8-9-13(11)15(2,3)4;2*1-14(2,3)12-9-7-11(8-10-12)13(16)15(4,5)6;1-13(2,3)11-8-7-10(9-15-11)12(16)14(4,5)6;1-12(2,3)10-8-7-9-11(14)13(4,5)6;1-9(11(2,3)4)8-10(13)12(5,6)7;1-11(2,3)9-7-8-10(13)12(4,5)6;1-10(2,3)8-7-9(12)11(4,5)6/h8-10H,1-7H3;2*7-10H,1-6H3;7-9H,1-6H3;7-10H2,1-6H3;9H,8H2,1-7H3;7-9H2,1-6H3;7-8H2,1-6H3/t;;;;;9-;;/m.....0../s1. The normalized spacial score (nSPS) is 13.1. The number of aryl methyl sites for hydroxylation is 1. The quantitative estimate of drug-likeness (QED) is 0.0837. The average Bonchev–Trinajstić information content (AvgIpc) is 0.811. The van der Waals surface area contributed by atoms with Gasteiger partial charge in [0.05, 0.1) is 0 Å². The van der Waals surface area contributed by atoms with Gasteiger partial charge < -0.3 is 0 Å². The van der Waals surface area contributed by atoms with Crippen LogP contribution in [-0.4, -0.2) is 51.2 Å². The summed E-state index contributed by atoms with van der Waals surface area (Å²) in [6.07, 6.45) is 11.2. The maximum Gasteiger partial charge on any atom is 0.169 e. The Balaban J connectivity index is -0.000000625. The highest BCUT2D eigenvalue weighted by Gasteiger charge is 2.32. The van der Waals surface area contributed by atoms with Crippen LogP contribution in [0.2, 0.25) is 0 Å². The SMILES string of the molecule is CC(C)(C)C(=O)c1ccc(C(C)(C)C)cc1.CC(C)(C)C(=O)c1ccc(C(C)(C)C)cc1.CC(C)(C)C(=O)c1ccc(C(C)(C)C)nc1.CC(C)(C)CCC(=O)C(C)(C)C.CC(C)(C)CCCC(=O)C(C)(C)C.CC(C)(C)CCCCC(=O)C(C)(C)C.C[C@@H](CC(=O)C(C)(C)C)C(C)(C)C.Cc1cc(C(=O)C(C)(C)C)ccc1C(C)(C)C. The zero-order valence-electron chi connectivity index (χ0n) is 85.9. The molecular formula is C108H185NO8. The first-order chi connectivity index (χ1) is 51.3. The third-order valence-electron chi connectivity index (χ3n) is 20.2. The lowest BCUT2D eigenvalue weighted by atomic mass is 9.75. The van der Waals surface area contributed by atoms with Crippen molar-refractivity contribution in [1.29, 1.82) is 0 Å². The summed E-state index contributed by atoms with van der Waals surface area (Å²) in [6.45, 7) is 104. The number of pyridine rings is 1. The number of unbranched alkanes of at least 4 members (excludes halogenated alkanes) is 1. The summed E-state index contributed by atoms with van der Waals surface area (Å²) in [5.41, 5.74) is 9.00. The van der Waals surface area contributed by atoms with Crippen molar-refractivity contribution < 1.29 is 38.4 Å². The van der Waals surface area contributed by atoms with Crippen LogP contribution in [-0.2, 0) is 40.8 Å². The largest absolute Gasteiger partial charge is 0.299 e. The van der Waals surface area contributed by atoms with Crippen LogP contribution in [0.3, 0.4) is 0 Å². The summed E-state index contributed by atoms with van der Waals surface area (Å²) >= 11 is 0. The molecule has 670 valence electrons. The van der Waals surface area contributed by atoms with Gasteiger partial charge in [-0.05, 0) is 123 Å². The number of benzene rings is 3. The van der Waals surface area contributed by atoms with Gasteiger partial charge in [-0.25, -0.2) is 0 Å². The van der Waals surface area contributed by atoms with Crippen LogP contribution in [0.15, 0.2) is 85.1 Å². The van der Waals surface area contributed by atoms with E-state index in [0.29, 0.717) is 58.3 Å². The zero-order chi connectivity index (χ0) is 94.1. The summed E-state index contributed by atoms with van der Waals surface area (Å²) in [5.74, 6) is 2.73. The molecule has 1 heterocycles. The highest BCUT2D eigenvalue weighted by atomic mass is 16.2. The van der Waals surface area contributed by atoms with Gasteiger partial charge in [0.15, 0.2) is 23.1 Å². The van der Waals surface area contributed by atoms with Gasteiger partial charge >= 0.3 is 0 Å². The molecule has 3 aromatic carbocycles. The third kappa shape index (κ3) is 52.9. The van der Waals surface area contributed by atoms with E-state index in [2.05, 4.69) is 215 Å². The number of ketones is 8. The molecule has 0 saturated carbocycles. The topological polar surface area (TPSA) is 149 Å². The van der Waals surface area contributed by atoms with Crippen molar-refractivity contribution in [3.63, 3.8) is 0 Å². The Kier molecular flexibility index (Phi) is 46.1. The molecule has 4 aromatic rings. The monoisotopic (exact) mass is 1620 g/mol. The van der Waals surface area contributed by atoms with Crippen molar-refractivity contribution in [2.24, 2.45) is 70.9 Å². The van der Waals surface area contributed by atoms with Crippen molar-refractivity contribution >= 4 is 46.3 Å². The van der Waals surface area contributed by atoms with Gasteiger partial charge in [-0.15, -0.1) is 0 Å². The molecule has 0 spiro atoms. The fourth-order valence-electron chi connectivity index (χ4n) is 10.8. The molecule has 0 radical (unpaired) electrons. The number of aromatic nitrogens is 1. The number of hydrogen-bond donors (Lipinski definition) is 0. The lowest BCUT2D eigenvalue weighted by molar-refractivity contribution is -0.128. The maximum atomic E-state index is 12.2. The maximum absolute atomic E-state index is 12.2. The second-order valence-electron chi connectivity index (χ2n) is 50.3. The first-order valence-corrected chi connectivity index (χ1v) is 43.9. The molecule has 1 atom stereocenters. The van der Waals surface area contributed by atoms with E-state index in [0.717, 1.165) is 60.9 Å². The van der Waals surface area contributed by atoms with E-state index in [4.69, 9.17) is 0 Å². The molecule has 0 aliphatic heterocycles. The first kappa shape index (κ1) is 117. The Morgan fingerprint density at radius 2 is 0.564 bits per heavy atom. The fraction of sp³-hybridized carbons (Fsp3) is 0.713. The van der Waals surface area contributed by atoms with Crippen molar-refractivity contribution in [1.82, 2.24) is 4.98 Å². The predicted octanol–water partition coefficient (Wildman–Crippen LogP) is 31.7. The molecule has 1 aromatic heterocycles. The molecule has 4 rings (SSSR count). The highest BCUT2D eigenvalue weighted by molar-refractivity contribution is 6.01. The van der Waals surface area contributed by atoms with E-state index < -0.39 is 0 Å². The van der Waals surface area contributed by atoms with Gasteiger partial charge in [0.25, 0.3) is 0 Å². The van der Waals surface area contributed by atoms with Crippen LogP contribution in [0, 0.1) is 77.8 Å². The van der Waals surface area contributed by atoms with Crippen LogP contribution in [0.4, 0.5) is 0 Å². The van der Waals surface area contributed by atoms with Gasteiger partial charge in [0, 0.05) is 109 Å².